The number of alkyl halides is 3. The van der Waals surface area contributed by atoms with Crippen molar-refractivity contribution in [3.63, 3.8) is 0 Å². The molecular weight excluding hydrogens is 261 g/mol. The lowest BCUT2D eigenvalue weighted by molar-refractivity contribution is -0.125. The standard InChI is InChI=1S/C12H11F3N2S/c13-12(14,15)8-16-5-9-1-2-11(17-6-9)10-3-4-18-7-10/h1-4,6-7,16H,5,8H2. The molecule has 0 radical (unpaired) electrons. The molecule has 0 atom stereocenters. The Morgan fingerprint density at radius 3 is 2.61 bits per heavy atom. The maximum Gasteiger partial charge on any atom is 0.401 e. The zero-order valence-electron chi connectivity index (χ0n) is 9.37. The van der Waals surface area contributed by atoms with E-state index in [4.69, 9.17) is 0 Å². The fraction of sp³-hybridized carbons (Fsp3) is 0.250. The molecule has 0 spiro atoms. The molecule has 0 amide bonds. The number of pyridine rings is 1. The van der Waals surface area contributed by atoms with Crippen LogP contribution in [0.5, 0.6) is 0 Å². The Morgan fingerprint density at radius 2 is 2.06 bits per heavy atom. The summed E-state index contributed by atoms with van der Waals surface area (Å²) in [5.41, 5.74) is 2.59. The lowest BCUT2D eigenvalue weighted by Crippen LogP contribution is -2.28. The van der Waals surface area contributed by atoms with Crippen LogP contribution in [0.2, 0.25) is 0 Å². The number of hydrogen-bond acceptors (Lipinski definition) is 3. The van der Waals surface area contributed by atoms with Crippen LogP contribution in [0.25, 0.3) is 11.3 Å². The Labute approximate surface area is 106 Å². The Hall–Kier alpha value is -1.40. The van der Waals surface area contributed by atoms with Gasteiger partial charge in [0, 0.05) is 23.7 Å². The van der Waals surface area contributed by atoms with E-state index in [2.05, 4.69) is 10.3 Å². The van der Waals surface area contributed by atoms with E-state index in [0.717, 1.165) is 16.8 Å². The van der Waals surface area contributed by atoms with E-state index in [1.807, 2.05) is 22.9 Å². The van der Waals surface area contributed by atoms with Crippen molar-refractivity contribution in [1.29, 1.82) is 0 Å². The van der Waals surface area contributed by atoms with Crippen LogP contribution in [0, 0.1) is 0 Å². The molecule has 0 unspecified atom stereocenters. The van der Waals surface area contributed by atoms with Crippen LogP contribution >= 0.6 is 11.3 Å². The third-order valence-corrected chi connectivity index (χ3v) is 2.98. The fourth-order valence-electron chi connectivity index (χ4n) is 1.46. The summed E-state index contributed by atoms with van der Waals surface area (Å²) in [4.78, 5) is 4.22. The van der Waals surface area contributed by atoms with E-state index in [-0.39, 0.29) is 6.54 Å². The molecule has 0 fully saturated rings. The summed E-state index contributed by atoms with van der Waals surface area (Å²) in [6.45, 7) is -0.824. The first-order valence-electron chi connectivity index (χ1n) is 5.29. The highest BCUT2D eigenvalue weighted by molar-refractivity contribution is 7.08. The van der Waals surface area contributed by atoms with Gasteiger partial charge in [-0.25, -0.2) is 0 Å². The number of nitrogens with one attached hydrogen (secondary N) is 1. The van der Waals surface area contributed by atoms with Crippen LogP contribution < -0.4 is 5.32 Å². The molecule has 0 saturated heterocycles. The molecule has 96 valence electrons. The molecular formula is C12H11F3N2S. The highest BCUT2D eigenvalue weighted by Crippen LogP contribution is 2.19. The minimum Gasteiger partial charge on any atom is -0.305 e. The van der Waals surface area contributed by atoms with Gasteiger partial charge in [-0.15, -0.1) is 0 Å². The summed E-state index contributed by atoms with van der Waals surface area (Å²) in [5.74, 6) is 0. The summed E-state index contributed by atoms with van der Waals surface area (Å²) in [6.07, 6.45) is -2.58. The van der Waals surface area contributed by atoms with Crippen LogP contribution in [-0.2, 0) is 6.54 Å². The molecule has 6 heteroatoms. The summed E-state index contributed by atoms with van der Waals surface area (Å²) < 4.78 is 35.8. The zero-order chi connectivity index (χ0) is 13.0. The summed E-state index contributed by atoms with van der Waals surface area (Å²) in [6, 6.07) is 5.55. The number of thiophene rings is 1. The van der Waals surface area contributed by atoms with Gasteiger partial charge in [0.15, 0.2) is 0 Å². The first-order valence-corrected chi connectivity index (χ1v) is 6.24. The largest absolute Gasteiger partial charge is 0.401 e. The fourth-order valence-corrected chi connectivity index (χ4v) is 2.11. The van der Waals surface area contributed by atoms with Crippen LogP contribution in [0.15, 0.2) is 35.2 Å². The van der Waals surface area contributed by atoms with Crippen LogP contribution in [0.3, 0.4) is 0 Å². The highest BCUT2D eigenvalue weighted by Gasteiger charge is 2.25. The normalized spacial score (nSPS) is 11.7. The predicted molar refractivity (Wildman–Crippen MR) is 65.3 cm³/mol. The summed E-state index contributed by atoms with van der Waals surface area (Å²) >= 11 is 1.58. The van der Waals surface area contributed by atoms with Gasteiger partial charge in [0.1, 0.15) is 0 Å². The van der Waals surface area contributed by atoms with Gasteiger partial charge in [-0.1, -0.05) is 6.07 Å². The van der Waals surface area contributed by atoms with Gasteiger partial charge in [0.25, 0.3) is 0 Å². The first-order chi connectivity index (χ1) is 8.54. The van der Waals surface area contributed by atoms with Crippen molar-refractivity contribution in [2.45, 2.75) is 12.7 Å². The Balaban J connectivity index is 1.92. The molecule has 0 aromatic carbocycles. The zero-order valence-corrected chi connectivity index (χ0v) is 10.2. The van der Waals surface area contributed by atoms with Gasteiger partial charge in [-0.3, -0.25) is 4.98 Å². The second-order valence-corrected chi connectivity index (χ2v) is 4.56. The molecule has 1 N–H and O–H groups in total. The predicted octanol–water partition coefficient (Wildman–Crippen LogP) is 3.46. The molecule has 0 aliphatic carbocycles. The smallest absolute Gasteiger partial charge is 0.305 e. The van der Waals surface area contributed by atoms with Crippen molar-refractivity contribution in [3.8, 4) is 11.3 Å². The van der Waals surface area contributed by atoms with Crippen molar-refractivity contribution in [1.82, 2.24) is 10.3 Å². The molecule has 0 aliphatic rings. The lowest BCUT2D eigenvalue weighted by atomic mass is 10.2. The van der Waals surface area contributed by atoms with Crippen molar-refractivity contribution < 1.29 is 13.2 Å². The Kier molecular flexibility index (Phi) is 3.98. The van der Waals surface area contributed by atoms with E-state index >= 15 is 0 Å². The number of aromatic nitrogens is 1. The molecule has 0 bridgehead atoms. The number of hydrogen-bond donors (Lipinski definition) is 1. The average molecular weight is 272 g/mol. The lowest BCUT2D eigenvalue weighted by Gasteiger charge is -2.08. The van der Waals surface area contributed by atoms with Crippen LogP contribution in [0.4, 0.5) is 13.2 Å². The minimum absolute atomic E-state index is 0.163. The second kappa shape index (κ2) is 5.49. The van der Waals surface area contributed by atoms with Crippen molar-refractivity contribution in [2.75, 3.05) is 6.54 Å². The maximum absolute atomic E-state index is 11.9. The molecule has 2 rings (SSSR count). The van der Waals surface area contributed by atoms with Gasteiger partial charge >= 0.3 is 6.18 Å². The summed E-state index contributed by atoms with van der Waals surface area (Å²) in [7, 11) is 0. The van der Waals surface area contributed by atoms with Crippen molar-refractivity contribution in [2.24, 2.45) is 0 Å². The summed E-state index contributed by atoms with van der Waals surface area (Å²) in [5, 5.41) is 6.26. The third kappa shape index (κ3) is 3.82. The quantitative estimate of drug-likeness (QED) is 0.922. The van der Waals surface area contributed by atoms with Gasteiger partial charge < -0.3 is 5.32 Å². The highest BCUT2D eigenvalue weighted by atomic mass is 32.1. The van der Waals surface area contributed by atoms with Gasteiger partial charge in [0.05, 0.1) is 12.2 Å². The van der Waals surface area contributed by atoms with Gasteiger partial charge in [-0.2, -0.15) is 24.5 Å². The molecule has 18 heavy (non-hydrogen) atoms. The molecule has 2 aromatic heterocycles. The van der Waals surface area contributed by atoms with E-state index in [1.165, 1.54) is 0 Å². The van der Waals surface area contributed by atoms with Crippen molar-refractivity contribution in [3.05, 3.63) is 40.7 Å². The molecule has 2 heterocycles. The van der Waals surface area contributed by atoms with Gasteiger partial charge in [0.2, 0.25) is 0 Å². The SMILES string of the molecule is FC(F)(F)CNCc1ccc(-c2ccsc2)nc1. The second-order valence-electron chi connectivity index (χ2n) is 3.78. The van der Waals surface area contributed by atoms with Crippen LogP contribution in [0.1, 0.15) is 5.56 Å². The average Bonchev–Trinajstić information content (AvgIpc) is 2.82. The van der Waals surface area contributed by atoms with E-state index < -0.39 is 12.7 Å². The maximum atomic E-state index is 11.9. The molecule has 0 aliphatic heterocycles. The van der Waals surface area contributed by atoms with E-state index in [0.29, 0.717) is 0 Å². The van der Waals surface area contributed by atoms with Crippen molar-refractivity contribution >= 4 is 11.3 Å². The number of rotatable bonds is 4. The molecule has 0 saturated carbocycles. The van der Waals surface area contributed by atoms with Crippen LogP contribution in [-0.4, -0.2) is 17.7 Å². The molecule has 2 aromatic rings. The minimum atomic E-state index is -4.18. The van der Waals surface area contributed by atoms with E-state index in [9.17, 15) is 13.2 Å². The monoisotopic (exact) mass is 272 g/mol. The van der Waals surface area contributed by atoms with E-state index in [1.54, 1.807) is 23.6 Å². The Morgan fingerprint density at radius 1 is 1.22 bits per heavy atom. The third-order valence-electron chi connectivity index (χ3n) is 2.30. The number of nitrogens with zero attached hydrogens (tertiary/aromatic N) is 1. The van der Waals surface area contributed by atoms with Gasteiger partial charge in [-0.05, 0) is 23.1 Å². The topological polar surface area (TPSA) is 24.9 Å². The first kappa shape index (κ1) is 13.0. The Bertz CT molecular complexity index is 477. The molecule has 2 nitrogen and oxygen atoms in total. The number of halogens is 3.